The smallest absolute Gasteiger partial charge is 0.309 e. The molecule has 2 N–H and O–H groups in total. The number of hydrogen-bond donors (Lipinski definition) is 2. The van der Waals surface area contributed by atoms with E-state index in [2.05, 4.69) is 5.32 Å². The maximum Gasteiger partial charge on any atom is 0.309 e. The fraction of sp³-hybridized carbons (Fsp3) is 0.556. The van der Waals surface area contributed by atoms with Crippen LogP contribution in [0.1, 0.15) is 33.6 Å². The van der Waals surface area contributed by atoms with Gasteiger partial charge < -0.3 is 19.9 Å². The molecule has 1 aromatic rings. The van der Waals surface area contributed by atoms with Crippen molar-refractivity contribution in [3.63, 3.8) is 0 Å². The Morgan fingerprint density at radius 2 is 1.88 bits per heavy atom. The predicted octanol–water partition coefficient (Wildman–Crippen LogP) is 3.17. The monoisotopic (exact) mass is 335 g/mol. The summed E-state index contributed by atoms with van der Waals surface area (Å²) in [5.41, 5.74) is -1.07. The summed E-state index contributed by atoms with van der Waals surface area (Å²) < 4.78 is 10.5. The molecule has 6 heteroatoms. The Morgan fingerprint density at radius 1 is 1.21 bits per heavy atom. The highest BCUT2D eigenvalue weighted by atomic mass is 16.5. The van der Waals surface area contributed by atoms with Gasteiger partial charge >= 0.3 is 5.97 Å². The largest absolute Gasteiger partial charge is 0.497 e. The van der Waals surface area contributed by atoms with Crippen molar-refractivity contribution in [2.45, 2.75) is 33.6 Å². The molecule has 0 radical (unpaired) electrons. The van der Waals surface area contributed by atoms with Crippen LogP contribution in [-0.4, -0.2) is 31.2 Å². The molecule has 1 fully saturated rings. The molecule has 1 amide bonds. The number of benzene rings is 1. The summed E-state index contributed by atoms with van der Waals surface area (Å²) in [6.07, 6.45) is 1.01. The van der Waals surface area contributed by atoms with Crippen LogP contribution in [0.3, 0.4) is 0 Å². The van der Waals surface area contributed by atoms with Crippen LogP contribution in [0.2, 0.25) is 0 Å². The summed E-state index contributed by atoms with van der Waals surface area (Å²) in [7, 11) is 3.07. The normalized spacial score (nSPS) is 25.1. The van der Waals surface area contributed by atoms with Crippen LogP contribution < -0.4 is 14.8 Å². The average molecular weight is 335 g/mol. The Bertz CT molecular complexity index is 655. The maximum absolute atomic E-state index is 12.8. The zero-order valence-corrected chi connectivity index (χ0v) is 14.8. The molecule has 1 aliphatic rings. The quantitative estimate of drug-likeness (QED) is 0.863. The lowest BCUT2D eigenvalue weighted by atomic mass is 9.65. The van der Waals surface area contributed by atoms with Gasteiger partial charge in [-0.05, 0) is 37.3 Å². The van der Waals surface area contributed by atoms with E-state index in [1.165, 1.54) is 7.11 Å². The standard InChI is InChI=1S/C18H25NO5/c1-17(2)12(8-9-18(17,3)16(21)22)15(20)19-13-10-11(23-4)6-7-14(13)24-5/h6-7,10,12H,8-9H2,1-5H3,(H,19,20)(H,21,22)/t12-,18+/m0/s1. The number of hydrogen-bond acceptors (Lipinski definition) is 4. The van der Waals surface area contributed by atoms with E-state index in [1.54, 1.807) is 32.2 Å². The van der Waals surface area contributed by atoms with Crippen LogP contribution in [0.15, 0.2) is 18.2 Å². The molecule has 0 spiro atoms. The first-order valence-corrected chi connectivity index (χ1v) is 7.93. The van der Waals surface area contributed by atoms with Gasteiger partial charge in [-0.3, -0.25) is 9.59 Å². The summed E-state index contributed by atoms with van der Waals surface area (Å²) in [5.74, 6) is -0.319. The lowest BCUT2D eigenvalue weighted by Crippen LogP contribution is -2.43. The van der Waals surface area contributed by atoms with Crippen LogP contribution in [-0.2, 0) is 9.59 Å². The van der Waals surface area contributed by atoms with Crippen LogP contribution in [0.5, 0.6) is 11.5 Å². The van der Waals surface area contributed by atoms with E-state index in [-0.39, 0.29) is 5.91 Å². The lowest BCUT2D eigenvalue weighted by molar-refractivity contribution is -0.154. The molecule has 0 unspecified atom stereocenters. The molecular formula is C18H25NO5. The highest BCUT2D eigenvalue weighted by Gasteiger charge is 2.58. The highest BCUT2D eigenvalue weighted by Crippen LogP contribution is 2.56. The molecule has 0 aromatic heterocycles. The third kappa shape index (κ3) is 2.81. The minimum absolute atomic E-state index is 0.198. The molecule has 0 heterocycles. The van der Waals surface area contributed by atoms with Crippen molar-refractivity contribution >= 4 is 17.6 Å². The highest BCUT2D eigenvalue weighted by molar-refractivity contribution is 5.95. The second kappa shape index (κ2) is 6.34. The number of nitrogens with one attached hydrogen (secondary N) is 1. The van der Waals surface area contributed by atoms with Crippen molar-refractivity contribution in [1.82, 2.24) is 0 Å². The van der Waals surface area contributed by atoms with Crippen molar-refractivity contribution in [3.05, 3.63) is 18.2 Å². The molecule has 24 heavy (non-hydrogen) atoms. The third-order valence-corrected chi connectivity index (χ3v) is 5.68. The molecule has 132 valence electrons. The van der Waals surface area contributed by atoms with Crippen molar-refractivity contribution in [2.24, 2.45) is 16.7 Å². The third-order valence-electron chi connectivity index (χ3n) is 5.68. The molecule has 0 aliphatic heterocycles. The Balaban J connectivity index is 2.27. The van der Waals surface area contributed by atoms with Gasteiger partial charge in [-0.2, -0.15) is 0 Å². The van der Waals surface area contributed by atoms with Gasteiger partial charge in [0, 0.05) is 12.0 Å². The zero-order valence-electron chi connectivity index (χ0n) is 14.8. The molecule has 6 nitrogen and oxygen atoms in total. The van der Waals surface area contributed by atoms with Crippen LogP contribution in [0.4, 0.5) is 5.69 Å². The van der Waals surface area contributed by atoms with Crippen molar-refractivity contribution < 1.29 is 24.2 Å². The van der Waals surface area contributed by atoms with Gasteiger partial charge in [-0.15, -0.1) is 0 Å². The number of methoxy groups -OCH3 is 2. The minimum Gasteiger partial charge on any atom is -0.497 e. The molecule has 1 aromatic carbocycles. The molecule has 1 aliphatic carbocycles. The Morgan fingerprint density at radius 3 is 2.38 bits per heavy atom. The molecule has 2 atom stereocenters. The first-order valence-electron chi connectivity index (χ1n) is 7.93. The second-order valence-electron chi connectivity index (χ2n) is 7.01. The van der Waals surface area contributed by atoms with E-state index in [0.29, 0.717) is 30.0 Å². The number of ether oxygens (including phenoxy) is 2. The first kappa shape index (κ1) is 18.1. The van der Waals surface area contributed by atoms with Crippen molar-refractivity contribution in [2.75, 3.05) is 19.5 Å². The molecule has 1 saturated carbocycles. The molecule has 0 bridgehead atoms. The van der Waals surface area contributed by atoms with Gasteiger partial charge in [0.1, 0.15) is 11.5 Å². The van der Waals surface area contributed by atoms with Crippen molar-refractivity contribution in [1.29, 1.82) is 0 Å². The number of carboxylic acid groups (broad SMARTS) is 1. The maximum atomic E-state index is 12.8. The van der Waals surface area contributed by atoms with Crippen molar-refractivity contribution in [3.8, 4) is 11.5 Å². The second-order valence-corrected chi connectivity index (χ2v) is 7.01. The minimum atomic E-state index is -0.923. The topological polar surface area (TPSA) is 84.9 Å². The van der Waals surface area contributed by atoms with Gasteiger partial charge in [0.15, 0.2) is 0 Å². The van der Waals surface area contributed by atoms with Gasteiger partial charge in [-0.1, -0.05) is 13.8 Å². The van der Waals surface area contributed by atoms with E-state index in [1.807, 2.05) is 13.8 Å². The Labute approximate surface area is 142 Å². The molecule has 2 rings (SSSR count). The van der Waals surface area contributed by atoms with Gasteiger partial charge in [-0.25, -0.2) is 0 Å². The van der Waals surface area contributed by atoms with E-state index >= 15 is 0 Å². The first-order chi connectivity index (χ1) is 11.2. The van der Waals surface area contributed by atoms with Gasteiger partial charge in [0.25, 0.3) is 0 Å². The summed E-state index contributed by atoms with van der Waals surface area (Å²) in [6.45, 7) is 5.41. The number of carbonyl (C=O) groups excluding carboxylic acids is 1. The predicted molar refractivity (Wildman–Crippen MR) is 90.4 cm³/mol. The van der Waals surface area contributed by atoms with Crippen LogP contribution in [0, 0.1) is 16.7 Å². The number of rotatable bonds is 5. The van der Waals surface area contributed by atoms with E-state index in [0.717, 1.165) is 0 Å². The fourth-order valence-corrected chi connectivity index (χ4v) is 3.47. The van der Waals surface area contributed by atoms with Crippen LogP contribution >= 0.6 is 0 Å². The number of anilines is 1. The van der Waals surface area contributed by atoms with E-state index < -0.39 is 22.7 Å². The average Bonchev–Trinajstić information content (AvgIpc) is 2.78. The van der Waals surface area contributed by atoms with E-state index in [4.69, 9.17) is 9.47 Å². The molecular weight excluding hydrogens is 310 g/mol. The zero-order chi connectivity index (χ0) is 18.1. The van der Waals surface area contributed by atoms with Crippen LogP contribution in [0.25, 0.3) is 0 Å². The Kier molecular flexibility index (Phi) is 4.78. The summed E-state index contributed by atoms with van der Waals surface area (Å²) in [6, 6.07) is 5.15. The van der Waals surface area contributed by atoms with Gasteiger partial charge in [0.05, 0.1) is 25.3 Å². The Hall–Kier alpha value is -2.24. The van der Waals surface area contributed by atoms with Gasteiger partial charge in [0.2, 0.25) is 5.91 Å². The summed E-state index contributed by atoms with van der Waals surface area (Å²) in [4.78, 5) is 24.5. The number of amides is 1. The number of carboxylic acids is 1. The fourth-order valence-electron chi connectivity index (χ4n) is 3.47. The molecule has 0 saturated heterocycles. The number of aliphatic carboxylic acids is 1. The SMILES string of the molecule is COc1ccc(OC)c(NC(=O)[C@@H]2CC[C@](C)(C(=O)O)C2(C)C)c1. The summed E-state index contributed by atoms with van der Waals surface area (Å²) in [5, 5.41) is 12.5. The number of carbonyl (C=O) groups is 2. The summed E-state index contributed by atoms with van der Waals surface area (Å²) >= 11 is 0. The van der Waals surface area contributed by atoms with E-state index in [9.17, 15) is 14.7 Å². The lowest BCUT2D eigenvalue weighted by Gasteiger charge is -2.37.